The first-order valence-corrected chi connectivity index (χ1v) is 9.07. The van der Waals surface area contributed by atoms with Crippen molar-refractivity contribution in [2.75, 3.05) is 6.54 Å². The van der Waals surface area contributed by atoms with Gasteiger partial charge in [-0.2, -0.15) is 0 Å². The van der Waals surface area contributed by atoms with Crippen LogP contribution in [0, 0.1) is 13.8 Å². The number of amides is 1. The van der Waals surface area contributed by atoms with E-state index in [1.54, 1.807) is 11.0 Å². The van der Waals surface area contributed by atoms with Gasteiger partial charge in [0.2, 0.25) is 0 Å². The fourth-order valence-electron chi connectivity index (χ4n) is 3.05. The molecule has 1 aromatic carbocycles. The van der Waals surface area contributed by atoms with Crippen molar-refractivity contribution in [3.05, 3.63) is 51.7 Å². The second-order valence-corrected chi connectivity index (χ2v) is 7.13. The van der Waals surface area contributed by atoms with Gasteiger partial charge in [-0.3, -0.25) is 4.79 Å². The molecule has 0 spiro atoms. The summed E-state index contributed by atoms with van der Waals surface area (Å²) in [6.07, 6.45) is 2.51. The number of carbonyl (C=O) groups excluding carboxylic acids is 2. The molecule has 1 saturated heterocycles. The van der Waals surface area contributed by atoms with Gasteiger partial charge in [0.1, 0.15) is 11.8 Å². The quantitative estimate of drug-likeness (QED) is 0.626. The van der Waals surface area contributed by atoms with Crippen molar-refractivity contribution >= 4 is 23.2 Å². The minimum absolute atomic E-state index is 0.0766. The van der Waals surface area contributed by atoms with Crippen LogP contribution in [0.1, 0.15) is 40.1 Å². The number of aryl methyl sites for hydroxylation is 2. The smallest absolute Gasteiger partial charge is 0.334 e. The Balaban J connectivity index is 1.77. The number of piperidine rings is 1. The van der Waals surface area contributed by atoms with Crippen LogP contribution < -0.4 is 4.74 Å². The van der Waals surface area contributed by atoms with Gasteiger partial charge in [0.25, 0.3) is 5.91 Å². The van der Waals surface area contributed by atoms with E-state index in [2.05, 4.69) is 0 Å². The third-order valence-corrected chi connectivity index (χ3v) is 5.17. The van der Waals surface area contributed by atoms with Crippen LogP contribution in [0.3, 0.4) is 0 Å². The molecule has 1 aliphatic heterocycles. The molecule has 1 fully saturated rings. The maximum Gasteiger partial charge on any atom is 0.334 e. The second kappa shape index (κ2) is 7.18. The summed E-state index contributed by atoms with van der Waals surface area (Å²) >= 11 is 1.40. The zero-order valence-corrected chi connectivity index (χ0v) is 14.8. The molecule has 1 amide bonds. The Morgan fingerprint density at radius 1 is 1.21 bits per heavy atom. The summed E-state index contributed by atoms with van der Waals surface area (Å²) in [5.41, 5.74) is 2.05. The average molecular weight is 343 g/mol. The molecule has 24 heavy (non-hydrogen) atoms. The van der Waals surface area contributed by atoms with E-state index in [1.807, 2.05) is 43.5 Å². The number of likely N-dealkylation sites (tertiary alicyclic amines) is 1. The lowest BCUT2D eigenvalue weighted by Crippen LogP contribution is -2.49. The van der Waals surface area contributed by atoms with E-state index in [0.717, 1.165) is 24.0 Å². The van der Waals surface area contributed by atoms with E-state index in [1.165, 1.54) is 11.3 Å². The Labute approximate surface area is 146 Å². The van der Waals surface area contributed by atoms with E-state index >= 15 is 0 Å². The van der Waals surface area contributed by atoms with E-state index in [0.29, 0.717) is 23.6 Å². The standard InChI is InChI=1S/C19H21NO3S/c1-13-8-9-16(14(2)12-13)23-19(22)15-6-3-4-10-20(15)18(21)17-7-5-11-24-17/h5,7-9,11-12,15H,3-4,6,10H2,1-2H3. The van der Waals surface area contributed by atoms with Crippen molar-refractivity contribution in [3.63, 3.8) is 0 Å². The highest BCUT2D eigenvalue weighted by molar-refractivity contribution is 7.12. The van der Waals surface area contributed by atoms with Gasteiger partial charge in [-0.15, -0.1) is 11.3 Å². The monoisotopic (exact) mass is 343 g/mol. The van der Waals surface area contributed by atoms with Crippen LogP contribution in [0.15, 0.2) is 35.7 Å². The minimum Gasteiger partial charge on any atom is -0.425 e. The highest BCUT2D eigenvalue weighted by atomic mass is 32.1. The van der Waals surface area contributed by atoms with Gasteiger partial charge in [-0.05, 0) is 56.2 Å². The van der Waals surface area contributed by atoms with Crippen LogP contribution in [0.5, 0.6) is 5.75 Å². The fraction of sp³-hybridized carbons (Fsp3) is 0.368. The molecule has 2 heterocycles. The number of hydrogen-bond acceptors (Lipinski definition) is 4. The second-order valence-electron chi connectivity index (χ2n) is 6.18. The molecule has 126 valence electrons. The summed E-state index contributed by atoms with van der Waals surface area (Å²) < 4.78 is 5.61. The zero-order valence-electron chi connectivity index (χ0n) is 14.0. The third-order valence-electron chi connectivity index (χ3n) is 4.31. The van der Waals surface area contributed by atoms with Crippen LogP contribution >= 0.6 is 11.3 Å². The third kappa shape index (κ3) is 3.51. The number of carbonyl (C=O) groups is 2. The highest BCUT2D eigenvalue weighted by Gasteiger charge is 2.34. The molecular weight excluding hydrogens is 322 g/mol. The first-order valence-electron chi connectivity index (χ1n) is 8.19. The normalized spacial score (nSPS) is 17.6. The summed E-state index contributed by atoms with van der Waals surface area (Å²) in [5.74, 6) is 0.151. The molecular formula is C19H21NO3S. The predicted molar refractivity (Wildman–Crippen MR) is 94.5 cm³/mol. The van der Waals surface area contributed by atoms with Gasteiger partial charge in [-0.25, -0.2) is 4.79 Å². The molecule has 1 aromatic heterocycles. The molecule has 1 unspecified atom stereocenters. The molecule has 1 aliphatic rings. The first-order chi connectivity index (χ1) is 11.6. The Morgan fingerprint density at radius 3 is 2.75 bits per heavy atom. The number of ether oxygens (including phenoxy) is 1. The molecule has 0 N–H and O–H groups in total. The Morgan fingerprint density at radius 2 is 2.04 bits per heavy atom. The lowest BCUT2D eigenvalue weighted by Gasteiger charge is -2.33. The van der Waals surface area contributed by atoms with Crippen LogP contribution in [-0.4, -0.2) is 29.4 Å². The number of nitrogens with zero attached hydrogens (tertiary/aromatic N) is 1. The summed E-state index contributed by atoms with van der Waals surface area (Å²) in [6, 6.07) is 8.87. The maximum atomic E-state index is 12.7. The van der Waals surface area contributed by atoms with Crippen molar-refractivity contribution in [3.8, 4) is 5.75 Å². The summed E-state index contributed by atoms with van der Waals surface area (Å²) in [4.78, 5) is 27.7. The Hall–Kier alpha value is -2.14. The Bertz CT molecular complexity index is 739. The van der Waals surface area contributed by atoms with Gasteiger partial charge in [-0.1, -0.05) is 23.8 Å². The van der Waals surface area contributed by atoms with Crippen molar-refractivity contribution < 1.29 is 14.3 Å². The first kappa shape index (κ1) is 16.7. The van der Waals surface area contributed by atoms with E-state index in [9.17, 15) is 9.59 Å². The fourth-order valence-corrected chi connectivity index (χ4v) is 3.73. The van der Waals surface area contributed by atoms with Crippen molar-refractivity contribution in [1.29, 1.82) is 0 Å². The van der Waals surface area contributed by atoms with E-state index < -0.39 is 6.04 Å². The van der Waals surface area contributed by atoms with Gasteiger partial charge in [0, 0.05) is 6.54 Å². The number of esters is 1. The van der Waals surface area contributed by atoms with E-state index in [4.69, 9.17) is 4.74 Å². The van der Waals surface area contributed by atoms with Gasteiger partial charge in [0.15, 0.2) is 0 Å². The molecule has 0 radical (unpaired) electrons. The maximum absolute atomic E-state index is 12.7. The zero-order chi connectivity index (χ0) is 17.1. The lowest BCUT2D eigenvalue weighted by molar-refractivity contribution is -0.140. The van der Waals surface area contributed by atoms with Gasteiger partial charge < -0.3 is 9.64 Å². The molecule has 0 saturated carbocycles. The van der Waals surface area contributed by atoms with Crippen molar-refractivity contribution in [1.82, 2.24) is 4.90 Å². The number of hydrogen-bond donors (Lipinski definition) is 0. The predicted octanol–water partition coefficient (Wildman–Crippen LogP) is 3.97. The number of benzene rings is 1. The summed E-state index contributed by atoms with van der Waals surface area (Å²) in [7, 11) is 0. The Kier molecular flexibility index (Phi) is 5.00. The molecule has 2 aromatic rings. The minimum atomic E-state index is -0.506. The highest BCUT2D eigenvalue weighted by Crippen LogP contribution is 2.25. The van der Waals surface area contributed by atoms with Crippen molar-refractivity contribution in [2.45, 2.75) is 39.2 Å². The van der Waals surface area contributed by atoms with Crippen LogP contribution in [0.4, 0.5) is 0 Å². The topological polar surface area (TPSA) is 46.6 Å². The molecule has 0 aliphatic carbocycles. The van der Waals surface area contributed by atoms with Gasteiger partial charge in [0.05, 0.1) is 4.88 Å². The molecule has 3 rings (SSSR count). The molecule has 4 nitrogen and oxygen atoms in total. The largest absolute Gasteiger partial charge is 0.425 e. The lowest BCUT2D eigenvalue weighted by atomic mass is 10.0. The molecule has 0 bridgehead atoms. The molecule has 5 heteroatoms. The van der Waals surface area contributed by atoms with Gasteiger partial charge >= 0.3 is 5.97 Å². The van der Waals surface area contributed by atoms with Crippen LogP contribution in [0.25, 0.3) is 0 Å². The van der Waals surface area contributed by atoms with Crippen LogP contribution in [-0.2, 0) is 4.79 Å². The van der Waals surface area contributed by atoms with Crippen LogP contribution in [0.2, 0.25) is 0 Å². The SMILES string of the molecule is Cc1ccc(OC(=O)C2CCCCN2C(=O)c2cccs2)c(C)c1. The van der Waals surface area contributed by atoms with E-state index in [-0.39, 0.29) is 11.9 Å². The average Bonchev–Trinajstić information content (AvgIpc) is 3.11. The summed E-state index contributed by atoms with van der Waals surface area (Å²) in [5, 5.41) is 1.88. The van der Waals surface area contributed by atoms with Crippen molar-refractivity contribution in [2.24, 2.45) is 0 Å². The number of thiophene rings is 1. The summed E-state index contributed by atoms with van der Waals surface area (Å²) in [6.45, 7) is 4.52. The number of rotatable bonds is 3. The molecule has 1 atom stereocenters.